The zero-order valence-electron chi connectivity index (χ0n) is 28.7. The van der Waals surface area contributed by atoms with Gasteiger partial charge in [-0.1, -0.05) is 83.1 Å². The molecule has 0 aliphatic heterocycles. The zero-order valence-corrected chi connectivity index (χ0v) is 28.7. The van der Waals surface area contributed by atoms with Gasteiger partial charge in [0, 0.05) is 25.7 Å². The average molecular weight is 690 g/mol. The Morgan fingerprint density at radius 3 is 2.02 bits per heavy atom. The first-order chi connectivity index (χ1) is 22.8. The highest BCUT2D eigenvalue weighted by Crippen LogP contribution is 2.30. The molecule has 3 N–H and O–H groups in total. The summed E-state index contributed by atoms with van der Waals surface area (Å²) in [4.78, 5) is 38.0. The normalized spacial score (nSPS) is 14.4. The lowest BCUT2D eigenvalue weighted by molar-refractivity contribution is -0.171. The van der Waals surface area contributed by atoms with E-state index in [1.165, 1.54) is 6.08 Å². The third kappa shape index (κ3) is 16.8. The number of benzene rings is 1. The minimum atomic E-state index is -3.25. The topological polar surface area (TPSA) is 122 Å². The maximum atomic E-state index is 14.1. The van der Waals surface area contributed by atoms with Crippen LogP contribution in [0.5, 0.6) is 5.75 Å². The van der Waals surface area contributed by atoms with Crippen molar-refractivity contribution in [1.82, 2.24) is 5.32 Å². The molecule has 0 aliphatic carbocycles. The molecule has 1 aromatic carbocycles. The van der Waals surface area contributed by atoms with Crippen molar-refractivity contribution in [1.29, 1.82) is 0 Å². The number of methoxy groups -OCH3 is 1. The van der Waals surface area contributed by atoms with E-state index in [2.05, 4.69) is 12.2 Å². The van der Waals surface area contributed by atoms with E-state index in [1.807, 2.05) is 6.92 Å². The number of carboxylic acid groups (broad SMARTS) is 1. The van der Waals surface area contributed by atoms with E-state index in [-0.39, 0.29) is 25.7 Å². The van der Waals surface area contributed by atoms with Crippen LogP contribution in [-0.4, -0.2) is 65.8 Å². The molecule has 0 aromatic heterocycles. The summed E-state index contributed by atoms with van der Waals surface area (Å²) < 4.78 is 65.6. The number of alkyl halides is 4. The molecule has 0 radical (unpaired) electrons. The van der Waals surface area contributed by atoms with Crippen molar-refractivity contribution in [3.63, 3.8) is 0 Å². The molecule has 0 saturated carbocycles. The number of allylic oxidation sites excluding steroid dienone is 1. The molecule has 0 unspecified atom stereocenters. The summed E-state index contributed by atoms with van der Waals surface area (Å²) in [5.41, 5.74) is -2.57. The largest absolute Gasteiger partial charge is 0.494 e. The third-order valence-electron chi connectivity index (χ3n) is 8.20. The van der Waals surface area contributed by atoms with E-state index < -0.39 is 54.2 Å². The number of halogens is 4. The zero-order chi connectivity index (χ0) is 36.0. The summed E-state index contributed by atoms with van der Waals surface area (Å²) in [7, 11) is 1.10. The summed E-state index contributed by atoms with van der Waals surface area (Å²) in [6.07, 6.45) is 5.76. The van der Waals surface area contributed by atoms with Crippen LogP contribution in [0, 0.1) is 5.92 Å². The lowest BCUT2D eigenvalue weighted by Crippen LogP contribution is -2.55. The molecule has 3 atom stereocenters. The Morgan fingerprint density at radius 2 is 1.48 bits per heavy atom. The molecule has 274 valence electrons. The van der Waals surface area contributed by atoms with Gasteiger partial charge in [-0.3, -0.25) is 4.79 Å². The molecule has 0 bridgehead atoms. The van der Waals surface area contributed by atoms with E-state index >= 15 is 0 Å². The number of esters is 1. The summed E-state index contributed by atoms with van der Waals surface area (Å²) in [5.74, 6) is -8.09. The quantitative estimate of drug-likeness (QED) is 0.0370. The van der Waals surface area contributed by atoms with Crippen molar-refractivity contribution in [3.8, 4) is 5.75 Å². The number of carboxylic acids is 1. The first kappa shape index (κ1) is 42.9. The predicted molar refractivity (Wildman–Crippen MR) is 176 cm³/mol. The fraction of sp³-hybridized carbons (Fsp3) is 0.694. The number of carbonyl (C=O) groups is 3. The first-order valence-electron chi connectivity index (χ1n) is 17.2. The van der Waals surface area contributed by atoms with Crippen LogP contribution in [0.1, 0.15) is 116 Å². The highest BCUT2D eigenvalue weighted by Gasteiger charge is 2.49. The van der Waals surface area contributed by atoms with Crippen molar-refractivity contribution >= 4 is 17.8 Å². The number of nitrogens with one attached hydrogen (secondary N) is 1. The second-order valence-electron chi connectivity index (χ2n) is 12.3. The van der Waals surface area contributed by atoms with Crippen molar-refractivity contribution in [2.45, 2.75) is 141 Å². The molecule has 0 heterocycles. The summed E-state index contributed by atoms with van der Waals surface area (Å²) >= 11 is 0. The van der Waals surface area contributed by atoms with Gasteiger partial charge in [-0.05, 0) is 49.8 Å². The van der Waals surface area contributed by atoms with Crippen LogP contribution in [0.25, 0.3) is 0 Å². The highest BCUT2D eigenvalue weighted by molar-refractivity contribution is 5.92. The number of carbonyl (C=O) groups excluding carboxylic acids is 2. The van der Waals surface area contributed by atoms with Gasteiger partial charge in [-0.2, -0.15) is 0 Å². The van der Waals surface area contributed by atoms with Crippen molar-refractivity contribution < 1.29 is 51.6 Å². The lowest BCUT2D eigenvalue weighted by Gasteiger charge is -2.30. The molecule has 8 nitrogen and oxygen atoms in total. The lowest BCUT2D eigenvalue weighted by atomic mass is 9.82. The highest BCUT2D eigenvalue weighted by atomic mass is 19.3. The number of hydrogen-bond donors (Lipinski definition) is 3. The van der Waals surface area contributed by atoms with Gasteiger partial charge in [0.15, 0.2) is 5.60 Å². The molecule has 12 heteroatoms. The Hall–Kier alpha value is -3.15. The number of hydrogen-bond acceptors (Lipinski definition) is 6. The predicted octanol–water partition coefficient (Wildman–Crippen LogP) is 8.05. The number of aliphatic carboxylic acids is 1. The average Bonchev–Trinajstić information content (AvgIpc) is 3.03. The monoisotopic (exact) mass is 689 g/mol. The SMILES string of the molecule is CCCCCCCC(F)(F)CCCCCC/C=C/[C@H](C(=O)N[C@@H](Cc1ccc(OCCCC)cc1)C(=O)OC)[C@@](O)(CC(F)F)C(=O)O. The van der Waals surface area contributed by atoms with E-state index in [4.69, 9.17) is 9.47 Å². The van der Waals surface area contributed by atoms with Gasteiger partial charge in [-0.15, -0.1) is 0 Å². The van der Waals surface area contributed by atoms with Gasteiger partial charge < -0.3 is 25.0 Å². The Morgan fingerprint density at radius 1 is 0.896 bits per heavy atom. The molecule has 0 aliphatic rings. The second kappa shape index (κ2) is 23.2. The minimum absolute atomic E-state index is 0.0671. The van der Waals surface area contributed by atoms with Crippen LogP contribution in [0.15, 0.2) is 36.4 Å². The molecule has 1 amide bonds. The molecule has 1 aromatic rings. The van der Waals surface area contributed by atoms with Crippen LogP contribution >= 0.6 is 0 Å². The molecular formula is C36H55F4NO7. The van der Waals surface area contributed by atoms with E-state index in [0.717, 1.165) is 51.7 Å². The van der Waals surface area contributed by atoms with E-state index in [9.17, 15) is 42.2 Å². The Balaban J connectivity index is 2.89. The Kier molecular flexibility index (Phi) is 20.8. The number of aliphatic hydroxyl groups is 1. The van der Waals surface area contributed by atoms with E-state index in [1.54, 1.807) is 24.3 Å². The van der Waals surface area contributed by atoms with Crippen LogP contribution < -0.4 is 10.1 Å². The van der Waals surface area contributed by atoms with Gasteiger partial charge in [0.05, 0.1) is 19.6 Å². The summed E-state index contributed by atoms with van der Waals surface area (Å²) in [5, 5.41) is 23.0. The van der Waals surface area contributed by atoms with Gasteiger partial charge >= 0.3 is 11.9 Å². The van der Waals surface area contributed by atoms with Crippen molar-refractivity contribution in [2.75, 3.05) is 13.7 Å². The van der Waals surface area contributed by atoms with Gasteiger partial charge in [0.2, 0.25) is 18.3 Å². The molecule has 0 spiro atoms. The minimum Gasteiger partial charge on any atom is -0.494 e. The molecule has 0 saturated heterocycles. The van der Waals surface area contributed by atoms with Gasteiger partial charge in [0.1, 0.15) is 11.8 Å². The molecular weight excluding hydrogens is 634 g/mol. The molecule has 48 heavy (non-hydrogen) atoms. The van der Waals surface area contributed by atoms with Crippen LogP contribution in [0.4, 0.5) is 17.6 Å². The molecule has 1 rings (SSSR count). The van der Waals surface area contributed by atoms with Crippen LogP contribution in [0.3, 0.4) is 0 Å². The first-order valence-corrected chi connectivity index (χ1v) is 17.2. The summed E-state index contributed by atoms with van der Waals surface area (Å²) in [6.45, 7) is 4.64. The standard InChI is InChI=1S/C36H55F4NO7/c1-4-6-8-12-15-22-35(39,40)23-16-13-10-9-11-14-17-29(36(46,34(44)45)26-31(37)38)32(42)41-30(33(43)47-3)25-27-18-20-28(21-19-27)48-24-7-5-2/h14,17-21,29-31,46H,4-13,15-16,22-26H2,1-3H3,(H,41,42)(H,44,45)/b17-14+/t29-,30+,36+/m1/s1. The molecule has 0 fully saturated rings. The number of amides is 1. The Labute approximate surface area is 282 Å². The summed E-state index contributed by atoms with van der Waals surface area (Å²) in [6, 6.07) is 5.44. The van der Waals surface area contributed by atoms with Crippen LogP contribution in [-0.2, 0) is 25.5 Å². The van der Waals surface area contributed by atoms with Gasteiger partial charge in [-0.25, -0.2) is 27.2 Å². The fourth-order valence-corrected chi connectivity index (χ4v) is 5.28. The second-order valence-corrected chi connectivity index (χ2v) is 12.3. The van der Waals surface area contributed by atoms with Crippen LogP contribution in [0.2, 0.25) is 0 Å². The number of ether oxygens (including phenoxy) is 2. The number of rotatable bonds is 27. The Bertz CT molecular complexity index is 1100. The third-order valence-corrected chi connectivity index (χ3v) is 8.20. The maximum absolute atomic E-state index is 14.1. The van der Waals surface area contributed by atoms with E-state index in [0.29, 0.717) is 50.0 Å². The van der Waals surface area contributed by atoms with Crippen molar-refractivity contribution in [2.24, 2.45) is 5.92 Å². The van der Waals surface area contributed by atoms with Crippen molar-refractivity contribution in [3.05, 3.63) is 42.0 Å². The van der Waals surface area contributed by atoms with Gasteiger partial charge in [0.25, 0.3) is 0 Å². The smallest absolute Gasteiger partial charge is 0.337 e. The maximum Gasteiger partial charge on any atom is 0.337 e. The fourth-order valence-electron chi connectivity index (χ4n) is 5.28. The number of unbranched alkanes of at least 4 members (excludes halogenated alkanes) is 9.